The third-order valence-electron chi connectivity index (χ3n) is 1.91. The van der Waals surface area contributed by atoms with Crippen LogP contribution in [0.5, 0.6) is 0 Å². The van der Waals surface area contributed by atoms with Crippen LogP contribution in [0.15, 0.2) is 0 Å². The Labute approximate surface area is 74.1 Å². The normalized spacial score (nSPS) is 11.8. The summed E-state index contributed by atoms with van der Waals surface area (Å²) >= 11 is 0. The highest BCUT2D eigenvalue weighted by Gasteiger charge is 2.08. The summed E-state index contributed by atoms with van der Waals surface area (Å²) in [7, 11) is 0. The van der Waals surface area contributed by atoms with E-state index in [4.69, 9.17) is 5.11 Å². The van der Waals surface area contributed by atoms with Crippen molar-refractivity contribution in [1.82, 2.24) is 0 Å². The molecule has 0 saturated carbocycles. The molecule has 0 heterocycles. The van der Waals surface area contributed by atoms with Crippen molar-refractivity contribution < 1.29 is 15.4 Å². The number of carboxylic acids is 1. The first-order valence-corrected chi connectivity index (χ1v) is 4.41. The van der Waals surface area contributed by atoms with Gasteiger partial charge in [-0.05, 0) is 6.42 Å². The van der Waals surface area contributed by atoms with Gasteiger partial charge in [0, 0.05) is 0 Å². The lowest BCUT2D eigenvalue weighted by Crippen LogP contribution is -2.08. The number of carbonyl (C=O) groups is 1. The van der Waals surface area contributed by atoms with Crippen molar-refractivity contribution in [3.8, 4) is 0 Å². The molecule has 0 fully saturated rings. The highest BCUT2D eigenvalue weighted by molar-refractivity contribution is 5.69. The summed E-state index contributed by atoms with van der Waals surface area (Å²) in [5, 5.41) is 8.54. The predicted molar refractivity (Wildman–Crippen MR) is 49.2 cm³/mol. The van der Waals surface area contributed by atoms with Crippen molar-refractivity contribution in [2.45, 2.75) is 46.0 Å². The van der Waals surface area contributed by atoms with E-state index in [0.29, 0.717) is 0 Å². The van der Waals surface area contributed by atoms with Gasteiger partial charge in [-0.15, -0.1) is 0 Å². The first-order chi connectivity index (χ1) is 5.18. The van der Waals surface area contributed by atoms with Gasteiger partial charge in [0.1, 0.15) is 0 Å². The maximum absolute atomic E-state index is 10.4. The number of carboxylic acid groups (broad SMARTS) is 1. The van der Waals surface area contributed by atoms with Crippen LogP contribution in [0.25, 0.3) is 0 Å². The second kappa shape index (κ2) is 8.53. The number of rotatable bonds is 6. The van der Waals surface area contributed by atoms with E-state index in [-0.39, 0.29) is 11.4 Å². The van der Waals surface area contributed by atoms with E-state index in [9.17, 15) is 4.79 Å². The predicted octanol–water partition coefficient (Wildman–Crippen LogP) is 1.85. The molecule has 0 aliphatic rings. The molecular formula is C9H20O3. The second-order valence-corrected chi connectivity index (χ2v) is 3.09. The summed E-state index contributed by atoms with van der Waals surface area (Å²) < 4.78 is 0. The van der Waals surface area contributed by atoms with Gasteiger partial charge in [-0.3, -0.25) is 4.79 Å². The quantitative estimate of drug-likeness (QED) is 0.627. The molecule has 0 aromatic heterocycles. The lowest BCUT2D eigenvalue weighted by Gasteiger charge is -2.04. The van der Waals surface area contributed by atoms with Gasteiger partial charge < -0.3 is 10.6 Å². The fourth-order valence-electron chi connectivity index (χ4n) is 1.00. The molecular weight excluding hydrogens is 156 g/mol. The van der Waals surface area contributed by atoms with Crippen molar-refractivity contribution in [1.29, 1.82) is 0 Å². The van der Waals surface area contributed by atoms with Crippen LogP contribution < -0.4 is 0 Å². The Morgan fingerprint density at radius 3 is 2.33 bits per heavy atom. The standard InChI is InChI=1S/C9H18O2.H2O/c1-3-4-5-6-7-8(2)9(10)11;/h8H,3-7H2,1-2H3,(H,10,11);1H2. The molecule has 0 amide bonds. The average Bonchev–Trinajstić information content (AvgIpc) is 1.97. The molecule has 0 aliphatic carbocycles. The molecule has 0 bridgehead atoms. The Hall–Kier alpha value is -0.570. The SMILES string of the molecule is CCCCCCC(C)C(=O)O.O. The molecule has 0 aliphatic heterocycles. The number of aliphatic carboxylic acids is 1. The van der Waals surface area contributed by atoms with Gasteiger partial charge in [-0.25, -0.2) is 0 Å². The maximum atomic E-state index is 10.4. The van der Waals surface area contributed by atoms with Crippen LogP contribution in [0.4, 0.5) is 0 Å². The van der Waals surface area contributed by atoms with Gasteiger partial charge in [0.15, 0.2) is 0 Å². The van der Waals surface area contributed by atoms with Crippen LogP contribution in [0, 0.1) is 5.92 Å². The summed E-state index contributed by atoms with van der Waals surface area (Å²) in [5.41, 5.74) is 0. The summed E-state index contributed by atoms with van der Waals surface area (Å²) in [6, 6.07) is 0. The van der Waals surface area contributed by atoms with E-state index >= 15 is 0 Å². The van der Waals surface area contributed by atoms with Gasteiger partial charge >= 0.3 is 5.97 Å². The second-order valence-electron chi connectivity index (χ2n) is 3.09. The summed E-state index contributed by atoms with van der Waals surface area (Å²) in [5.74, 6) is -0.826. The third kappa shape index (κ3) is 7.54. The van der Waals surface area contributed by atoms with Gasteiger partial charge in [-0.1, -0.05) is 39.5 Å². The molecule has 0 rings (SSSR count). The van der Waals surface area contributed by atoms with E-state index in [1.54, 1.807) is 6.92 Å². The number of unbranched alkanes of at least 4 members (excludes halogenated alkanes) is 3. The highest BCUT2D eigenvalue weighted by Crippen LogP contribution is 2.09. The van der Waals surface area contributed by atoms with Crippen LogP contribution in [-0.2, 0) is 4.79 Å². The Kier molecular flexibility index (Phi) is 9.93. The minimum Gasteiger partial charge on any atom is -0.481 e. The van der Waals surface area contributed by atoms with E-state index in [0.717, 1.165) is 12.8 Å². The molecule has 0 radical (unpaired) electrons. The largest absolute Gasteiger partial charge is 0.481 e. The zero-order valence-electron chi connectivity index (χ0n) is 7.97. The highest BCUT2D eigenvalue weighted by atomic mass is 16.4. The van der Waals surface area contributed by atoms with E-state index in [1.807, 2.05) is 0 Å². The van der Waals surface area contributed by atoms with Gasteiger partial charge in [0.2, 0.25) is 0 Å². The van der Waals surface area contributed by atoms with E-state index < -0.39 is 5.97 Å². The maximum Gasteiger partial charge on any atom is 0.306 e. The van der Waals surface area contributed by atoms with Crippen molar-refractivity contribution in [2.24, 2.45) is 5.92 Å². The van der Waals surface area contributed by atoms with Crippen LogP contribution in [-0.4, -0.2) is 16.6 Å². The van der Waals surface area contributed by atoms with Crippen molar-refractivity contribution in [3.05, 3.63) is 0 Å². The molecule has 3 N–H and O–H groups in total. The minimum absolute atomic E-state index is 0. The fraction of sp³-hybridized carbons (Fsp3) is 0.889. The van der Waals surface area contributed by atoms with Crippen LogP contribution >= 0.6 is 0 Å². The van der Waals surface area contributed by atoms with Gasteiger partial charge in [-0.2, -0.15) is 0 Å². The molecule has 1 atom stereocenters. The average molecular weight is 176 g/mol. The van der Waals surface area contributed by atoms with Gasteiger partial charge in [0.05, 0.1) is 5.92 Å². The molecule has 1 unspecified atom stereocenters. The number of hydrogen-bond acceptors (Lipinski definition) is 1. The molecule has 0 aromatic carbocycles. The first kappa shape index (κ1) is 14.0. The lowest BCUT2D eigenvalue weighted by atomic mass is 10.0. The molecule has 74 valence electrons. The topological polar surface area (TPSA) is 68.8 Å². The lowest BCUT2D eigenvalue weighted by molar-refractivity contribution is -0.141. The molecule has 3 heteroatoms. The molecule has 3 nitrogen and oxygen atoms in total. The summed E-state index contributed by atoms with van der Waals surface area (Å²) in [6.07, 6.45) is 5.50. The summed E-state index contributed by atoms with van der Waals surface area (Å²) in [4.78, 5) is 10.4. The third-order valence-corrected chi connectivity index (χ3v) is 1.91. The molecule has 0 aromatic rings. The number of hydrogen-bond donors (Lipinski definition) is 1. The Morgan fingerprint density at radius 2 is 1.92 bits per heavy atom. The monoisotopic (exact) mass is 176 g/mol. The Bertz CT molecular complexity index is 112. The van der Waals surface area contributed by atoms with Crippen molar-refractivity contribution >= 4 is 5.97 Å². The van der Waals surface area contributed by atoms with Crippen molar-refractivity contribution in [3.63, 3.8) is 0 Å². The zero-order valence-corrected chi connectivity index (χ0v) is 7.97. The fourth-order valence-corrected chi connectivity index (χ4v) is 1.00. The van der Waals surface area contributed by atoms with Crippen LogP contribution in [0.2, 0.25) is 0 Å². The zero-order chi connectivity index (χ0) is 8.69. The first-order valence-electron chi connectivity index (χ1n) is 4.41. The van der Waals surface area contributed by atoms with Crippen molar-refractivity contribution in [2.75, 3.05) is 0 Å². The van der Waals surface area contributed by atoms with Gasteiger partial charge in [0.25, 0.3) is 0 Å². The summed E-state index contributed by atoms with van der Waals surface area (Å²) in [6.45, 7) is 3.93. The van der Waals surface area contributed by atoms with E-state index in [2.05, 4.69) is 6.92 Å². The minimum atomic E-state index is -0.665. The van der Waals surface area contributed by atoms with E-state index in [1.165, 1.54) is 19.3 Å². The molecule has 0 spiro atoms. The molecule has 12 heavy (non-hydrogen) atoms. The van der Waals surface area contributed by atoms with Crippen LogP contribution in [0.1, 0.15) is 46.0 Å². The smallest absolute Gasteiger partial charge is 0.306 e. The molecule has 0 saturated heterocycles. The van der Waals surface area contributed by atoms with Crippen LogP contribution in [0.3, 0.4) is 0 Å². The Morgan fingerprint density at radius 1 is 1.33 bits per heavy atom. The Balaban J connectivity index is 0.